The highest BCUT2D eigenvalue weighted by Gasteiger charge is 2.26. The predicted octanol–water partition coefficient (Wildman–Crippen LogP) is 3.35. The summed E-state index contributed by atoms with van der Waals surface area (Å²) in [6, 6.07) is 1.27. The number of nitrogens with zero attached hydrogens (tertiary/aromatic N) is 2. The molecule has 0 atom stereocenters. The molecule has 1 aromatic heterocycles. The molecule has 0 aliphatic rings. The second kappa shape index (κ2) is 5.90. The maximum absolute atomic E-state index is 13.5. The van der Waals surface area contributed by atoms with E-state index in [9.17, 15) is 22.0 Å². The Balaban J connectivity index is 2.42. The van der Waals surface area contributed by atoms with E-state index in [4.69, 9.17) is 0 Å². The molecular weight excluding hydrogens is 295 g/mol. The van der Waals surface area contributed by atoms with Gasteiger partial charge in [0.15, 0.2) is 23.3 Å². The van der Waals surface area contributed by atoms with E-state index in [0.29, 0.717) is 12.4 Å². The van der Waals surface area contributed by atoms with Gasteiger partial charge in [0, 0.05) is 12.6 Å². The van der Waals surface area contributed by atoms with E-state index in [1.807, 2.05) is 0 Å². The molecule has 0 aliphatic carbocycles. The van der Waals surface area contributed by atoms with E-state index in [2.05, 4.69) is 20.6 Å². The lowest BCUT2D eigenvalue weighted by molar-refractivity contribution is 0.382. The number of aromatic nitrogens is 2. The van der Waals surface area contributed by atoms with Gasteiger partial charge in [-0.15, -0.1) is 0 Å². The van der Waals surface area contributed by atoms with Crippen LogP contribution in [0.2, 0.25) is 0 Å². The van der Waals surface area contributed by atoms with Gasteiger partial charge >= 0.3 is 0 Å². The molecule has 4 nitrogen and oxygen atoms in total. The lowest BCUT2D eigenvalue weighted by Gasteiger charge is -2.11. The van der Waals surface area contributed by atoms with Crippen LogP contribution in [0.3, 0.4) is 0 Å². The van der Waals surface area contributed by atoms with Gasteiger partial charge in [0.1, 0.15) is 23.7 Å². The Morgan fingerprint density at radius 2 is 1.38 bits per heavy atom. The number of rotatable bonds is 4. The summed E-state index contributed by atoms with van der Waals surface area (Å²) in [6.07, 6.45) is 1.08. The third-order valence-corrected chi connectivity index (χ3v) is 2.49. The highest BCUT2D eigenvalue weighted by molar-refractivity contribution is 5.60. The van der Waals surface area contributed by atoms with Crippen molar-refractivity contribution >= 4 is 17.3 Å². The first-order valence-corrected chi connectivity index (χ1v) is 5.80. The van der Waals surface area contributed by atoms with Gasteiger partial charge < -0.3 is 10.6 Å². The van der Waals surface area contributed by atoms with E-state index < -0.39 is 34.8 Å². The Morgan fingerprint density at radius 1 is 0.857 bits per heavy atom. The fourth-order valence-corrected chi connectivity index (χ4v) is 1.55. The lowest BCUT2D eigenvalue weighted by Crippen LogP contribution is -2.08. The van der Waals surface area contributed by atoms with Crippen LogP contribution in [0.5, 0.6) is 0 Å². The van der Waals surface area contributed by atoms with Crippen LogP contribution in [0.25, 0.3) is 0 Å². The first-order valence-electron chi connectivity index (χ1n) is 5.80. The van der Waals surface area contributed by atoms with Crippen molar-refractivity contribution in [3.05, 3.63) is 41.5 Å². The van der Waals surface area contributed by atoms with Crippen molar-refractivity contribution in [3.8, 4) is 0 Å². The van der Waals surface area contributed by atoms with Crippen molar-refractivity contribution < 1.29 is 22.0 Å². The molecule has 1 aromatic carbocycles. The number of benzene rings is 1. The number of hydrogen-bond acceptors (Lipinski definition) is 4. The van der Waals surface area contributed by atoms with Crippen molar-refractivity contribution in [2.75, 3.05) is 17.2 Å². The zero-order valence-corrected chi connectivity index (χ0v) is 10.6. The summed E-state index contributed by atoms with van der Waals surface area (Å²) < 4.78 is 66.0. The van der Waals surface area contributed by atoms with Crippen molar-refractivity contribution in [1.82, 2.24) is 9.97 Å². The van der Waals surface area contributed by atoms with E-state index in [1.54, 1.807) is 6.92 Å². The molecular formula is C12H9F5N4. The Hall–Kier alpha value is -2.45. The second-order valence-corrected chi connectivity index (χ2v) is 3.89. The van der Waals surface area contributed by atoms with Crippen molar-refractivity contribution in [1.29, 1.82) is 0 Å². The molecule has 0 unspecified atom stereocenters. The Kier molecular flexibility index (Phi) is 4.20. The molecule has 112 valence electrons. The van der Waals surface area contributed by atoms with Gasteiger partial charge in [0.2, 0.25) is 5.82 Å². The van der Waals surface area contributed by atoms with Crippen LogP contribution in [-0.4, -0.2) is 16.5 Å². The molecule has 0 saturated heterocycles. The Labute approximate surface area is 116 Å². The summed E-state index contributed by atoms with van der Waals surface area (Å²) in [5, 5.41) is 4.87. The van der Waals surface area contributed by atoms with Gasteiger partial charge in [0.25, 0.3) is 0 Å². The van der Waals surface area contributed by atoms with Crippen LogP contribution in [0.4, 0.5) is 39.3 Å². The molecule has 2 N–H and O–H groups in total. The Morgan fingerprint density at radius 3 is 1.95 bits per heavy atom. The van der Waals surface area contributed by atoms with Crippen LogP contribution in [-0.2, 0) is 0 Å². The summed E-state index contributed by atoms with van der Waals surface area (Å²) in [5.41, 5.74) is -1.17. The normalized spacial score (nSPS) is 10.6. The van der Waals surface area contributed by atoms with E-state index in [0.717, 1.165) is 6.33 Å². The van der Waals surface area contributed by atoms with Gasteiger partial charge in [-0.1, -0.05) is 0 Å². The quantitative estimate of drug-likeness (QED) is 0.517. The monoisotopic (exact) mass is 304 g/mol. The molecule has 0 aliphatic heterocycles. The van der Waals surface area contributed by atoms with Crippen LogP contribution < -0.4 is 10.6 Å². The summed E-state index contributed by atoms with van der Waals surface area (Å²) in [6.45, 7) is 2.32. The third kappa shape index (κ3) is 2.86. The van der Waals surface area contributed by atoms with Gasteiger partial charge in [-0.25, -0.2) is 31.9 Å². The third-order valence-electron chi connectivity index (χ3n) is 2.49. The average molecular weight is 304 g/mol. The lowest BCUT2D eigenvalue weighted by atomic mass is 10.2. The van der Waals surface area contributed by atoms with Gasteiger partial charge in [-0.05, 0) is 6.92 Å². The van der Waals surface area contributed by atoms with Crippen LogP contribution in [0.15, 0.2) is 12.4 Å². The highest BCUT2D eigenvalue weighted by Crippen LogP contribution is 2.29. The minimum Gasteiger partial charge on any atom is -0.370 e. The molecule has 1 heterocycles. The standard InChI is InChI=1S/C12H9F5N4/c1-2-18-5-3-6(20-4-19-5)21-12-10(16)8(14)7(13)9(15)11(12)17/h3-4H,2H2,1H3,(H2,18,19,20,21). The molecule has 9 heteroatoms. The molecule has 0 saturated carbocycles. The fourth-order valence-electron chi connectivity index (χ4n) is 1.55. The smallest absolute Gasteiger partial charge is 0.200 e. The molecule has 2 aromatic rings. The molecule has 2 rings (SSSR count). The minimum absolute atomic E-state index is 0.121. The molecule has 0 amide bonds. The summed E-state index contributed by atoms with van der Waals surface area (Å²) in [7, 11) is 0. The number of hydrogen-bond donors (Lipinski definition) is 2. The van der Waals surface area contributed by atoms with Gasteiger partial charge in [-0.2, -0.15) is 0 Å². The maximum atomic E-state index is 13.5. The summed E-state index contributed by atoms with van der Waals surface area (Å²) in [4.78, 5) is 7.45. The molecule has 0 fully saturated rings. The number of nitrogens with one attached hydrogen (secondary N) is 2. The first kappa shape index (κ1) is 14.9. The molecule has 0 spiro atoms. The number of halogens is 5. The van der Waals surface area contributed by atoms with E-state index >= 15 is 0 Å². The van der Waals surface area contributed by atoms with Crippen molar-refractivity contribution in [3.63, 3.8) is 0 Å². The SMILES string of the molecule is CCNc1cc(Nc2c(F)c(F)c(F)c(F)c2F)ncn1. The maximum Gasteiger partial charge on any atom is 0.200 e. The predicted molar refractivity (Wildman–Crippen MR) is 65.7 cm³/mol. The van der Waals surface area contributed by atoms with E-state index in [1.165, 1.54) is 6.07 Å². The first-order chi connectivity index (χ1) is 9.95. The average Bonchev–Trinajstić information content (AvgIpc) is 2.48. The zero-order chi connectivity index (χ0) is 15.6. The molecule has 0 bridgehead atoms. The highest BCUT2D eigenvalue weighted by atomic mass is 19.2. The topological polar surface area (TPSA) is 49.8 Å². The number of anilines is 3. The van der Waals surface area contributed by atoms with Crippen LogP contribution in [0.1, 0.15) is 6.92 Å². The zero-order valence-electron chi connectivity index (χ0n) is 10.6. The molecule has 0 radical (unpaired) electrons. The van der Waals surface area contributed by atoms with Crippen molar-refractivity contribution in [2.45, 2.75) is 6.92 Å². The summed E-state index contributed by atoms with van der Waals surface area (Å²) in [5.74, 6) is -9.99. The van der Waals surface area contributed by atoms with Crippen LogP contribution in [0, 0.1) is 29.1 Å². The van der Waals surface area contributed by atoms with Crippen LogP contribution >= 0.6 is 0 Å². The van der Waals surface area contributed by atoms with Gasteiger partial charge in [-0.3, -0.25) is 0 Å². The van der Waals surface area contributed by atoms with Crippen molar-refractivity contribution in [2.24, 2.45) is 0 Å². The summed E-state index contributed by atoms with van der Waals surface area (Å²) >= 11 is 0. The minimum atomic E-state index is -2.22. The fraction of sp³-hybridized carbons (Fsp3) is 0.167. The van der Waals surface area contributed by atoms with Gasteiger partial charge in [0.05, 0.1) is 0 Å². The second-order valence-electron chi connectivity index (χ2n) is 3.89. The van der Waals surface area contributed by atoms with E-state index in [-0.39, 0.29) is 5.82 Å². The molecule has 21 heavy (non-hydrogen) atoms. The largest absolute Gasteiger partial charge is 0.370 e. The Bertz CT molecular complexity index is 648.